The van der Waals surface area contributed by atoms with E-state index in [2.05, 4.69) is 0 Å². The smallest absolute Gasteiger partial charge is 0.224 e. The van der Waals surface area contributed by atoms with Gasteiger partial charge in [-0.15, -0.1) is 0 Å². The van der Waals surface area contributed by atoms with Crippen molar-refractivity contribution in [1.29, 1.82) is 0 Å². The Morgan fingerprint density at radius 2 is 2.15 bits per heavy atom. The SMILES string of the molecule is CC(C(N)=O)c1ccc(F)cc1N. The number of anilines is 1. The van der Waals surface area contributed by atoms with Crippen LogP contribution < -0.4 is 11.5 Å². The van der Waals surface area contributed by atoms with Gasteiger partial charge >= 0.3 is 0 Å². The molecule has 13 heavy (non-hydrogen) atoms. The van der Waals surface area contributed by atoms with Crippen molar-refractivity contribution < 1.29 is 9.18 Å². The normalized spacial score (nSPS) is 12.5. The van der Waals surface area contributed by atoms with Crippen LogP contribution in [0.3, 0.4) is 0 Å². The van der Waals surface area contributed by atoms with E-state index in [0.29, 0.717) is 5.56 Å². The predicted molar refractivity (Wildman–Crippen MR) is 48.4 cm³/mol. The van der Waals surface area contributed by atoms with Gasteiger partial charge in [-0.25, -0.2) is 4.39 Å². The number of benzene rings is 1. The minimum absolute atomic E-state index is 0.256. The maximum Gasteiger partial charge on any atom is 0.224 e. The van der Waals surface area contributed by atoms with Gasteiger partial charge in [0, 0.05) is 5.69 Å². The van der Waals surface area contributed by atoms with Gasteiger partial charge in [0.15, 0.2) is 0 Å². The van der Waals surface area contributed by atoms with E-state index in [9.17, 15) is 9.18 Å². The van der Waals surface area contributed by atoms with Crippen molar-refractivity contribution in [2.75, 3.05) is 5.73 Å². The third-order valence-electron chi connectivity index (χ3n) is 1.94. The zero-order chi connectivity index (χ0) is 10.0. The molecule has 0 heterocycles. The van der Waals surface area contributed by atoms with Gasteiger partial charge in [-0.2, -0.15) is 0 Å². The van der Waals surface area contributed by atoms with Gasteiger partial charge in [0.1, 0.15) is 5.82 Å². The minimum Gasteiger partial charge on any atom is -0.398 e. The topological polar surface area (TPSA) is 69.1 Å². The zero-order valence-corrected chi connectivity index (χ0v) is 7.25. The van der Waals surface area contributed by atoms with Crippen LogP contribution in [0.2, 0.25) is 0 Å². The Balaban J connectivity index is 3.08. The molecule has 0 aliphatic carbocycles. The molecular weight excluding hydrogens is 171 g/mol. The molecule has 4 N–H and O–H groups in total. The molecule has 1 rings (SSSR count). The molecule has 0 radical (unpaired) electrons. The highest BCUT2D eigenvalue weighted by atomic mass is 19.1. The van der Waals surface area contributed by atoms with E-state index >= 15 is 0 Å². The number of primary amides is 1. The molecule has 0 bridgehead atoms. The second kappa shape index (κ2) is 3.43. The van der Waals surface area contributed by atoms with Crippen molar-refractivity contribution in [3.05, 3.63) is 29.6 Å². The summed E-state index contributed by atoms with van der Waals surface area (Å²) in [6.07, 6.45) is 0. The third-order valence-corrected chi connectivity index (χ3v) is 1.94. The van der Waals surface area contributed by atoms with Crippen LogP contribution in [0, 0.1) is 5.82 Å². The maximum absolute atomic E-state index is 12.6. The Hall–Kier alpha value is -1.58. The predicted octanol–water partition coefficient (Wildman–Crippen LogP) is 0.997. The van der Waals surface area contributed by atoms with Gasteiger partial charge in [0.05, 0.1) is 5.92 Å². The van der Waals surface area contributed by atoms with Crippen molar-refractivity contribution in [1.82, 2.24) is 0 Å². The Bertz CT molecular complexity index is 338. The molecule has 1 atom stereocenters. The molecular formula is C9H11FN2O. The Morgan fingerprint density at radius 3 is 2.62 bits per heavy atom. The quantitative estimate of drug-likeness (QED) is 0.670. The van der Waals surface area contributed by atoms with Crippen LogP contribution in [0.25, 0.3) is 0 Å². The van der Waals surface area contributed by atoms with Gasteiger partial charge in [-0.3, -0.25) is 4.79 Å². The molecule has 0 spiro atoms. The summed E-state index contributed by atoms with van der Waals surface area (Å²) in [5.41, 5.74) is 11.4. The molecule has 3 nitrogen and oxygen atoms in total. The fourth-order valence-corrected chi connectivity index (χ4v) is 1.09. The summed E-state index contributed by atoms with van der Waals surface area (Å²) in [5.74, 6) is -1.38. The number of halogens is 1. The molecule has 0 fully saturated rings. The first-order chi connectivity index (χ1) is 6.02. The summed E-state index contributed by atoms with van der Waals surface area (Å²) in [6.45, 7) is 1.63. The van der Waals surface area contributed by atoms with Crippen LogP contribution in [0.5, 0.6) is 0 Å². The molecule has 4 heteroatoms. The summed E-state index contributed by atoms with van der Waals surface area (Å²) in [5, 5.41) is 0. The van der Waals surface area contributed by atoms with E-state index in [1.165, 1.54) is 18.2 Å². The third kappa shape index (κ3) is 1.96. The van der Waals surface area contributed by atoms with Gasteiger partial charge in [-0.05, 0) is 24.6 Å². The number of nitrogens with two attached hydrogens (primary N) is 2. The minimum atomic E-state index is -0.486. The summed E-state index contributed by atoms with van der Waals surface area (Å²) in [7, 11) is 0. The highest BCUT2D eigenvalue weighted by molar-refractivity contribution is 5.83. The van der Waals surface area contributed by atoms with E-state index in [1.807, 2.05) is 0 Å². The number of rotatable bonds is 2. The molecule has 0 saturated heterocycles. The Labute approximate surface area is 75.5 Å². The zero-order valence-electron chi connectivity index (χ0n) is 7.25. The van der Waals surface area contributed by atoms with E-state index in [4.69, 9.17) is 11.5 Å². The average Bonchev–Trinajstić information content (AvgIpc) is 2.03. The number of hydrogen-bond acceptors (Lipinski definition) is 2. The Morgan fingerprint density at radius 1 is 1.54 bits per heavy atom. The van der Waals surface area contributed by atoms with Crippen molar-refractivity contribution in [3.63, 3.8) is 0 Å². The van der Waals surface area contributed by atoms with Gasteiger partial charge in [0.25, 0.3) is 0 Å². The number of nitrogen functional groups attached to an aromatic ring is 1. The molecule has 1 aromatic carbocycles. The number of carbonyl (C=O) groups is 1. The number of hydrogen-bond donors (Lipinski definition) is 2. The highest BCUT2D eigenvalue weighted by Crippen LogP contribution is 2.22. The maximum atomic E-state index is 12.6. The van der Waals surface area contributed by atoms with Crippen LogP contribution in [-0.4, -0.2) is 5.91 Å². The summed E-state index contributed by atoms with van der Waals surface area (Å²) in [6, 6.07) is 3.90. The van der Waals surface area contributed by atoms with E-state index in [-0.39, 0.29) is 5.69 Å². The standard InChI is InChI=1S/C9H11FN2O/c1-5(9(12)13)7-3-2-6(10)4-8(7)11/h2-5H,11H2,1H3,(H2,12,13). The first kappa shape index (κ1) is 9.51. The van der Waals surface area contributed by atoms with Crippen LogP contribution in [-0.2, 0) is 4.79 Å². The van der Waals surface area contributed by atoms with Crippen LogP contribution in [0.1, 0.15) is 18.4 Å². The van der Waals surface area contributed by atoms with Gasteiger partial charge in [0.2, 0.25) is 5.91 Å². The van der Waals surface area contributed by atoms with Crippen LogP contribution in [0.15, 0.2) is 18.2 Å². The average molecular weight is 182 g/mol. The van der Waals surface area contributed by atoms with Crippen molar-refractivity contribution in [2.45, 2.75) is 12.8 Å². The molecule has 0 aromatic heterocycles. The summed E-state index contributed by atoms with van der Waals surface area (Å²) < 4.78 is 12.6. The molecule has 70 valence electrons. The molecule has 0 saturated carbocycles. The van der Waals surface area contributed by atoms with Crippen LogP contribution in [0.4, 0.5) is 10.1 Å². The lowest BCUT2D eigenvalue weighted by Gasteiger charge is -2.10. The lowest BCUT2D eigenvalue weighted by Crippen LogP contribution is -2.19. The van der Waals surface area contributed by atoms with Crippen molar-refractivity contribution in [3.8, 4) is 0 Å². The van der Waals surface area contributed by atoms with E-state index in [0.717, 1.165) is 0 Å². The van der Waals surface area contributed by atoms with Crippen molar-refractivity contribution in [2.24, 2.45) is 5.73 Å². The largest absolute Gasteiger partial charge is 0.398 e. The fraction of sp³-hybridized carbons (Fsp3) is 0.222. The second-order valence-corrected chi connectivity index (χ2v) is 2.90. The monoisotopic (exact) mass is 182 g/mol. The van der Waals surface area contributed by atoms with Gasteiger partial charge < -0.3 is 11.5 Å². The molecule has 0 aliphatic heterocycles. The molecule has 1 unspecified atom stereocenters. The van der Waals surface area contributed by atoms with Crippen LogP contribution >= 0.6 is 0 Å². The molecule has 0 aliphatic rings. The first-order valence-electron chi connectivity index (χ1n) is 3.86. The molecule has 1 amide bonds. The first-order valence-corrected chi connectivity index (χ1v) is 3.86. The number of carbonyl (C=O) groups excluding carboxylic acids is 1. The van der Waals surface area contributed by atoms with Gasteiger partial charge in [-0.1, -0.05) is 6.07 Å². The van der Waals surface area contributed by atoms with E-state index < -0.39 is 17.6 Å². The second-order valence-electron chi connectivity index (χ2n) is 2.90. The lowest BCUT2D eigenvalue weighted by atomic mass is 9.99. The van der Waals surface area contributed by atoms with Crippen molar-refractivity contribution >= 4 is 11.6 Å². The lowest BCUT2D eigenvalue weighted by molar-refractivity contribution is -0.119. The highest BCUT2D eigenvalue weighted by Gasteiger charge is 2.14. The fourth-order valence-electron chi connectivity index (χ4n) is 1.09. The number of amides is 1. The molecule has 1 aromatic rings. The van der Waals surface area contributed by atoms with E-state index in [1.54, 1.807) is 6.92 Å². The Kier molecular flexibility index (Phi) is 2.51. The summed E-state index contributed by atoms with van der Waals surface area (Å²) in [4.78, 5) is 10.8. The summed E-state index contributed by atoms with van der Waals surface area (Å²) >= 11 is 0.